The van der Waals surface area contributed by atoms with Gasteiger partial charge in [0.1, 0.15) is 11.4 Å². The highest BCUT2D eigenvalue weighted by Crippen LogP contribution is 2.32. The van der Waals surface area contributed by atoms with E-state index in [-0.39, 0.29) is 5.69 Å². The summed E-state index contributed by atoms with van der Waals surface area (Å²) in [6, 6.07) is 6.07. The number of aromatic nitrogens is 2. The molecule has 0 saturated heterocycles. The molecule has 3 rings (SSSR count). The lowest BCUT2D eigenvalue weighted by Gasteiger charge is -2.00. The summed E-state index contributed by atoms with van der Waals surface area (Å²) in [7, 11) is 0. The highest BCUT2D eigenvalue weighted by atomic mass is 32.2. The molecule has 2 heterocycles. The monoisotopic (exact) mass is 275 g/mol. The van der Waals surface area contributed by atoms with Crippen LogP contribution in [0.25, 0.3) is 11.3 Å². The number of hydrogen-bond donors (Lipinski definition) is 0. The van der Waals surface area contributed by atoms with Crippen LogP contribution in [0.4, 0.5) is 5.69 Å². The number of aldehydes is 1. The Hall–Kier alpha value is -2.15. The number of non-ortho nitro benzene ring substituents is 1. The second-order valence-corrected chi connectivity index (χ2v) is 5.11. The lowest BCUT2D eigenvalue weighted by atomic mass is 10.1. The van der Waals surface area contributed by atoms with Gasteiger partial charge in [0.15, 0.2) is 11.4 Å². The molecule has 7 heteroatoms. The molecule has 0 atom stereocenters. The van der Waals surface area contributed by atoms with E-state index in [1.807, 2.05) is 4.57 Å². The van der Waals surface area contributed by atoms with Crippen LogP contribution in [0.1, 0.15) is 10.5 Å². The van der Waals surface area contributed by atoms with Crippen LogP contribution in [-0.2, 0) is 6.54 Å². The number of nitro benzene ring substituents is 1. The molecule has 1 aromatic carbocycles. The number of nitro groups is 1. The summed E-state index contributed by atoms with van der Waals surface area (Å²) in [6.45, 7) is 0.772. The first-order chi connectivity index (χ1) is 9.20. The molecule has 0 amide bonds. The molecule has 2 aromatic rings. The second-order valence-electron chi connectivity index (χ2n) is 4.05. The van der Waals surface area contributed by atoms with Crippen molar-refractivity contribution in [3.05, 3.63) is 40.1 Å². The minimum Gasteiger partial charge on any atom is -0.315 e. The lowest BCUT2D eigenvalue weighted by molar-refractivity contribution is -0.384. The fraction of sp³-hybridized carbons (Fsp3) is 0.167. The normalized spacial score (nSPS) is 13.3. The van der Waals surface area contributed by atoms with Crippen LogP contribution in [-0.4, -0.2) is 26.5 Å². The molecule has 0 radical (unpaired) electrons. The largest absolute Gasteiger partial charge is 0.315 e. The highest BCUT2D eigenvalue weighted by Gasteiger charge is 2.22. The molecular weight excluding hydrogens is 266 g/mol. The number of thioether (sulfide) groups is 1. The zero-order valence-electron chi connectivity index (χ0n) is 9.78. The number of hydrogen-bond acceptors (Lipinski definition) is 5. The number of fused-ring (bicyclic) bond motifs is 1. The van der Waals surface area contributed by atoms with Gasteiger partial charge >= 0.3 is 0 Å². The van der Waals surface area contributed by atoms with Crippen molar-refractivity contribution in [2.45, 2.75) is 11.7 Å². The van der Waals surface area contributed by atoms with Gasteiger partial charge in [-0.1, -0.05) is 11.8 Å². The minimum atomic E-state index is -0.451. The van der Waals surface area contributed by atoms with E-state index in [4.69, 9.17) is 0 Å². The van der Waals surface area contributed by atoms with Crippen molar-refractivity contribution in [1.29, 1.82) is 0 Å². The number of carbonyl (C=O) groups excluding carboxylic acids is 1. The number of rotatable bonds is 3. The Labute approximate surface area is 112 Å². The summed E-state index contributed by atoms with van der Waals surface area (Å²) in [6.07, 6.45) is 0.791. The van der Waals surface area contributed by atoms with E-state index in [9.17, 15) is 14.9 Å². The van der Waals surface area contributed by atoms with Crippen LogP contribution in [0.5, 0.6) is 0 Å². The summed E-state index contributed by atoms with van der Waals surface area (Å²) in [4.78, 5) is 25.8. The van der Waals surface area contributed by atoms with Crippen molar-refractivity contribution in [3.63, 3.8) is 0 Å². The Morgan fingerprint density at radius 3 is 2.74 bits per heavy atom. The van der Waals surface area contributed by atoms with E-state index in [0.717, 1.165) is 29.3 Å². The summed E-state index contributed by atoms with van der Waals surface area (Å²) in [5.74, 6) is 0.920. The molecule has 6 nitrogen and oxygen atoms in total. The zero-order chi connectivity index (χ0) is 13.4. The van der Waals surface area contributed by atoms with E-state index in [2.05, 4.69) is 4.98 Å². The molecule has 96 valence electrons. The third kappa shape index (κ3) is 1.91. The van der Waals surface area contributed by atoms with Gasteiger partial charge in [0.25, 0.3) is 5.69 Å². The van der Waals surface area contributed by atoms with Crippen LogP contribution < -0.4 is 0 Å². The van der Waals surface area contributed by atoms with Gasteiger partial charge in [-0.05, 0) is 12.1 Å². The van der Waals surface area contributed by atoms with Crippen molar-refractivity contribution in [1.82, 2.24) is 9.55 Å². The van der Waals surface area contributed by atoms with E-state index < -0.39 is 4.92 Å². The molecule has 19 heavy (non-hydrogen) atoms. The maximum absolute atomic E-state index is 11.2. The molecule has 1 aliphatic heterocycles. The topological polar surface area (TPSA) is 78.0 Å². The van der Waals surface area contributed by atoms with Crippen LogP contribution in [0.2, 0.25) is 0 Å². The van der Waals surface area contributed by atoms with Gasteiger partial charge in [-0.3, -0.25) is 14.9 Å². The molecule has 0 N–H and O–H groups in total. The summed E-state index contributed by atoms with van der Waals surface area (Å²) >= 11 is 1.61. The SMILES string of the molecule is O=Cc1c(-c2ccc([N+](=O)[O-])cc2)nc2n1CCS2. The molecule has 0 bridgehead atoms. The number of benzene rings is 1. The van der Waals surface area contributed by atoms with Crippen molar-refractivity contribution < 1.29 is 9.72 Å². The fourth-order valence-electron chi connectivity index (χ4n) is 2.07. The maximum Gasteiger partial charge on any atom is 0.269 e. The Morgan fingerprint density at radius 2 is 2.11 bits per heavy atom. The standard InChI is InChI=1S/C12H9N3O3S/c16-7-10-11(13-12-14(10)5-6-19-12)8-1-3-9(4-2-8)15(17)18/h1-4,7H,5-6H2. The third-order valence-corrected chi connectivity index (χ3v) is 3.94. The summed E-state index contributed by atoms with van der Waals surface area (Å²) in [5, 5.41) is 11.4. The first kappa shape index (κ1) is 11.9. The summed E-state index contributed by atoms with van der Waals surface area (Å²) < 4.78 is 1.88. The Balaban J connectivity index is 2.07. The van der Waals surface area contributed by atoms with E-state index >= 15 is 0 Å². The number of imidazole rings is 1. The van der Waals surface area contributed by atoms with Crippen molar-refractivity contribution in [3.8, 4) is 11.3 Å². The second kappa shape index (κ2) is 4.51. The average molecular weight is 275 g/mol. The highest BCUT2D eigenvalue weighted by molar-refractivity contribution is 7.99. The van der Waals surface area contributed by atoms with Crippen LogP contribution in [0.15, 0.2) is 29.4 Å². The predicted octanol–water partition coefficient (Wildman–Crippen LogP) is 2.38. The molecular formula is C12H9N3O3S. The van der Waals surface area contributed by atoms with E-state index in [0.29, 0.717) is 11.4 Å². The van der Waals surface area contributed by atoms with Crippen molar-refractivity contribution in [2.24, 2.45) is 0 Å². The molecule has 0 spiro atoms. The van der Waals surface area contributed by atoms with E-state index in [1.165, 1.54) is 12.1 Å². The lowest BCUT2D eigenvalue weighted by Crippen LogP contribution is -2.00. The molecule has 0 fully saturated rings. The molecule has 0 saturated carbocycles. The predicted molar refractivity (Wildman–Crippen MR) is 70.4 cm³/mol. The van der Waals surface area contributed by atoms with Crippen molar-refractivity contribution >= 4 is 23.7 Å². The molecule has 1 aromatic heterocycles. The smallest absolute Gasteiger partial charge is 0.269 e. The van der Waals surface area contributed by atoms with Gasteiger partial charge in [0, 0.05) is 30.0 Å². The number of nitrogens with zero attached hydrogens (tertiary/aromatic N) is 3. The first-order valence-corrected chi connectivity index (χ1v) is 6.62. The van der Waals surface area contributed by atoms with Gasteiger partial charge < -0.3 is 4.57 Å². The van der Waals surface area contributed by atoms with Gasteiger partial charge in [-0.15, -0.1) is 0 Å². The first-order valence-electron chi connectivity index (χ1n) is 5.64. The molecule has 0 unspecified atom stereocenters. The maximum atomic E-state index is 11.2. The number of carbonyl (C=O) groups is 1. The van der Waals surface area contributed by atoms with Gasteiger partial charge in [0.2, 0.25) is 0 Å². The summed E-state index contributed by atoms with van der Waals surface area (Å²) in [5.41, 5.74) is 1.87. The van der Waals surface area contributed by atoms with Crippen LogP contribution in [0.3, 0.4) is 0 Å². The van der Waals surface area contributed by atoms with Gasteiger partial charge in [-0.2, -0.15) is 0 Å². The fourth-order valence-corrected chi connectivity index (χ4v) is 3.03. The van der Waals surface area contributed by atoms with Gasteiger partial charge in [0.05, 0.1) is 4.92 Å². The minimum absolute atomic E-state index is 0.0255. The zero-order valence-corrected chi connectivity index (χ0v) is 10.6. The Morgan fingerprint density at radius 1 is 1.37 bits per heavy atom. The van der Waals surface area contributed by atoms with E-state index in [1.54, 1.807) is 23.9 Å². The molecule has 1 aliphatic rings. The Bertz CT molecular complexity index is 664. The average Bonchev–Trinajstić information content (AvgIpc) is 2.98. The van der Waals surface area contributed by atoms with Crippen molar-refractivity contribution in [2.75, 3.05) is 5.75 Å². The third-order valence-electron chi connectivity index (χ3n) is 2.98. The quantitative estimate of drug-likeness (QED) is 0.488. The molecule has 0 aliphatic carbocycles. The Kier molecular flexibility index (Phi) is 2.83. The van der Waals surface area contributed by atoms with Crippen LogP contribution >= 0.6 is 11.8 Å². The van der Waals surface area contributed by atoms with Crippen LogP contribution in [0, 0.1) is 10.1 Å². The van der Waals surface area contributed by atoms with Gasteiger partial charge in [-0.25, -0.2) is 4.98 Å².